The van der Waals surface area contributed by atoms with E-state index in [1.807, 2.05) is 27.7 Å². The molecule has 0 saturated heterocycles. The van der Waals surface area contributed by atoms with Gasteiger partial charge in [-0.05, 0) is 43.4 Å². The summed E-state index contributed by atoms with van der Waals surface area (Å²) in [4.78, 5) is 0. The van der Waals surface area contributed by atoms with Crippen LogP contribution in [0.25, 0.3) is 0 Å². The first-order chi connectivity index (χ1) is 7.91. The molecule has 0 aromatic carbocycles. The van der Waals surface area contributed by atoms with Crippen LogP contribution in [0.4, 0.5) is 0 Å². The van der Waals surface area contributed by atoms with Crippen molar-refractivity contribution in [3.63, 3.8) is 0 Å². The highest BCUT2D eigenvalue weighted by Gasteiger charge is 2.30. The molecule has 1 fully saturated rings. The number of hydrogen-bond donors (Lipinski definition) is 0. The fourth-order valence-electron chi connectivity index (χ4n) is 2.42. The van der Waals surface area contributed by atoms with Gasteiger partial charge in [0.15, 0.2) is 0 Å². The molecule has 1 rings (SSSR count). The number of allylic oxidation sites excluding steroid dienone is 1. The molecule has 0 nitrogen and oxygen atoms in total. The van der Waals surface area contributed by atoms with Gasteiger partial charge in [0.05, 0.1) is 0 Å². The zero-order valence-electron chi connectivity index (χ0n) is 13.7. The van der Waals surface area contributed by atoms with E-state index in [4.69, 9.17) is 0 Å². The average molecular weight is 240 g/mol. The topological polar surface area (TPSA) is 0 Å². The second-order valence-corrected chi connectivity index (χ2v) is 5.77. The third kappa shape index (κ3) is 7.63. The Hall–Kier alpha value is -0.260. The smallest absolute Gasteiger partial charge is 0.0206 e. The first-order valence-corrected chi connectivity index (χ1v) is 7.56. The van der Waals surface area contributed by atoms with Crippen molar-refractivity contribution in [1.82, 2.24) is 0 Å². The first kappa shape index (κ1) is 19.1. The molecular formula is C17H36. The van der Waals surface area contributed by atoms with E-state index in [9.17, 15) is 0 Å². The van der Waals surface area contributed by atoms with E-state index in [1.165, 1.54) is 31.3 Å². The Morgan fingerprint density at radius 2 is 1.47 bits per heavy atom. The Kier molecular flexibility index (Phi) is 10.9. The van der Waals surface area contributed by atoms with E-state index in [-0.39, 0.29) is 0 Å². The van der Waals surface area contributed by atoms with Gasteiger partial charge < -0.3 is 0 Å². The Morgan fingerprint density at radius 1 is 1.00 bits per heavy atom. The molecule has 0 spiro atoms. The van der Waals surface area contributed by atoms with Gasteiger partial charge in [-0.25, -0.2) is 0 Å². The first-order valence-electron chi connectivity index (χ1n) is 7.56. The molecule has 1 aliphatic carbocycles. The molecule has 0 N–H and O–H groups in total. The summed E-state index contributed by atoms with van der Waals surface area (Å²) in [6.45, 7) is 21.4. The minimum absolute atomic E-state index is 0.494. The van der Waals surface area contributed by atoms with Crippen LogP contribution in [0.2, 0.25) is 0 Å². The van der Waals surface area contributed by atoms with Crippen molar-refractivity contribution in [3.05, 3.63) is 12.2 Å². The summed E-state index contributed by atoms with van der Waals surface area (Å²) in [7, 11) is 0. The summed E-state index contributed by atoms with van der Waals surface area (Å²) in [6, 6.07) is 0. The Balaban J connectivity index is 0. The monoisotopic (exact) mass is 240 g/mol. The molecule has 2 atom stereocenters. The van der Waals surface area contributed by atoms with Gasteiger partial charge in [0.2, 0.25) is 0 Å². The summed E-state index contributed by atoms with van der Waals surface area (Å²) < 4.78 is 0. The van der Waals surface area contributed by atoms with Gasteiger partial charge in [-0.2, -0.15) is 0 Å². The lowest BCUT2D eigenvalue weighted by Crippen LogP contribution is -2.27. The van der Waals surface area contributed by atoms with Crippen molar-refractivity contribution in [1.29, 1.82) is 0 Å². The summed E-state index contributed by atoms with van der Waals surface area (Å²) in [5.41, 5.74) is 1.89. The second kappa shape index (κ2) is 9.74. The lowest BCUT2D eigenvalue weighted by Gasteiger charge is -2.38. The molecule has 17 heavy (non-hydrogen) atoms. The van der Waals surface area contributed by atoms with E-state index in [0.717, 1.165) is 11.8 Å². The van der Waals surface area contributed by atoms with Crippen LogP contribution in [0.5, 0.6) is 0 Å². The van der Waals surface area contributed by atoms with Crippen molar-refractivity contribution >= 4 is 0 Å². The fraction of sp³-hybridized carbons (Fsp3) is 0.882. The summed E-state index contributed by atoms with van der Waals surface area (Å²) >= 11 is 0. The molecule has 104 valence electrons. The van der Waals surface area contributed by atoms with E-state index >= 15 is 0 Å². The van der Waals surface area contributed by atoms with Crippen LogP contribution in [-0.2, 0) is 0 Å². The van der Waals surface area contributed by atoms with Crippen LogP contribution >= 0.6 is 0 Å². The van der Waals surface area contributed by atoms with Gasteiger partial charge in [0, 0.05) is 0 Å². The molecule has 2 unspecified atom stereocenters. The normalized spacial score (nSPS) is 23.8. The lowest BCUT2D eigenvalue weighted by atomic mass is 9.68. The maximum Gasteiger partial charge on any atom is -0.0206 e. The van der Waals surface area contributed by atoms with Crippen molar-refractivity contribution in [2.75, 3.05) is 0 Å². The molecule has 0 heterocycles. The van der Waals surface area contributed by atoms with Crippen LogP contribution in [0, 0.1) is 17.3 Å². The Morgan fingerprint density at radius 3 is 1.82 bits per heavy atom. The van der Waals surface area contributed by atoms with E-state index in [2.05, 4.69) is 34.3 Å². The van der Waals surface area contributed by atoms with Crippen LogP contribution in [0.1, 0.15) is 81.1 Å². The largest absolute Gasteiger partial charge is 0.0999 e. The molecule has 1 aliphatic rings. The SMILES string of the molecule is C=C(C)C1CCCC(C(C)(C)C)C1.CC.CC. The molecular weight excluding hydrogens is 204 g/mol. The predicted molar refractivity (Wildman–Crippen MR) is 82.4 cm³/mol. The van der Waals surface area contributed by atoms with Gasteiger partial charge in [0.25, 0.3) is 0 Å². The van der Waals surface area contributed by atoms with E-state index < -0.39 is 0 Å². The quantitative estimate of drug-likeness (QED) is 0.461. The maximum atomic E-state index is 4.10. The van der Waals surface area contributed by atoms with Gasteiger partial charge in [-0.1, -0.05) is 67.0 Å². The third-order valence-corrected chi connectivity index (χ3v) is 3.60. The van der Waals surface area contributed by atoms with Crippen LogP contribution in [0.15, 0.2) is 12.2 Å². The van der Waals surface area contributed by atoms with Crippen molar-refractivity contribution in [2.24, 2.45) is 17.3 Å². The van der Waals surface area contributed by atoms with Gasteiger partial charge in [-0.3, -0.25) is 0 Å². The van der Waals surface area contributed by atoms with E-state index in [1.54, 1.807) is 0 Å². The highest BCUT2D eigenvalue weighted by Crippen LogP contribution is 2.41. The lowest BCUT2D eigenvalue weighted by molar-refractivity contribution is 0.154. The Bertz CT molecular complexity index is 183. The zero-order valence-corrected chi connectivity index (χ0v) is 13.7. The summed E-state index contributed by atoms with van der Waals surface area (Å²) in [5, 5.41) is 0. The van der Waals surface area contributed by atoms with Crippen LogP contribution in [-0.4, -0.2) is 0 Å². The third-order valence-electron chi connectivity index (χ3n) is 3.60. The molecule has 0 aromatic heterocycles. The zero-order chi connectivity index (χ0) is 14.1. The summed E-state index contributed by atoms with van der Waals surface area (Å²) in [5.74, 6) is 1.71. The van der Waals surface area contributed by atoms with Crippen LogP contribution in [0.3, 0.4) is 0 Å². The predicted octanol–water partition coefficient (Wildman–Crippen LogP) is 6.47. The van der Waals surface area contributed by atoms with Crippen molar-refractivity contribution < 1.29 is 0 Å². The minimum atomic E-state index is 0.494. The molecule has 0 aromatic rings. The maximum absolute atomic E-state index is 4.10. The molecule has 0 heteroatoms. The van der Waals surface area contributed by atoms with Crippen molar-refractivity contribution in [3.8, 4) is 0 Å². The van der Waals surface area contributed by atoms with Crippen LogP contribution < -0.4 is 0 Å². The van der Waals surface area contributed by atoms with E-state index in [0.29, 0.717) is 5.41 Å². The molecule has 1 saturated carbocycles. The van der Waals surface area contributed by atoms with Crippen molar-refractivity contribution in [2.45, 2.75) is 81.1 Å². The number of rotatable bonds is 1. The minimum Gasteiger partial charge on any atom is -0.0999 e. The van der Waals surface area contributed by atoms with Gasteiger partial charge >= 0.3 is 0 Å². The molecule has 0 bridgehead atoms. The Labute approximate surface area is 111 Å². The van der Waals surface area contributed by atoms with Gasteiger partial charge in [-0.15, -0.1) is 0 Å². The molecule has 0 aliphatic heterocycles. The molecule has 0 amide bonds. The highest BCUT2D eigenvalue weighted by atomic mass is 14.4. The summed E-state index contributed by atoms with van der Waals surface area (Å²) in [6.07, 6.45) is 5.58. The number of hydrogen-bond acceptors (Lipinski definition) is 0. The highest BCUT2D eigenvalue weighted by molar-refractivity contribution is 4.99. The standard InChI is InChI=1S/C13H24.2C2H6/c1-10(2)11-7-6-8-12(9-11)13(3,4)5;2*1-2/h11-12H,1,6-9H2,2-5H3;2*1-2H3. The molecule has 0 radical (unpaired) electrons. The fourth-order valence-corrected chi connectivity index (χ4v) is 2.42. The second-order valence-electron chi connectivity index (χ2n) is 5.77. The average Bonchev–Trinajstić information content (AvgIpc) is 2.33. The van der Waals surface area contributed by atoms with Gasteiger partial charge in [0.1, 0.15) is 0 Å².